The third-order valence-corrected chi connectivity index (χ3v) is 3.55. The van der Waals surface area contributed by atoms with E-state index in [4.69, 9.17) is 16.3 Å². The molecule has 0 unspecified atom stereocenters. The van der Waals surface area contributed by atoms with Crippen molar-refractivity contribution in [3.63, 3.8) is 0 Å². The number of rotatable bonds is 3. The molecule has 0 amide bonds. The molecule has 0 saturated carbocycles. The number of fused-ring (bicyclic) bond motifs is 1. The molecule has 3 rings (SSSR count). The van der Waals surface area contributed by atoms with Gasteiger partial charge in [0.25, 0.3) is 0 Å². The molecular formula is C18H14ClNO. The van der Waals surface area contributed by atoms with Gasteiger partial charge in [0.05, 0.1) is 12.8 Å². The van der Waals surface area contributed by atoms with Crippen LogP contribution in [0, 0.1) is 0 Å². The lowest BCUT2D eigenvalue weighted by Gasteiger charge is -1.98. The molecule has 21 heavy (non-hydrogen) atoms. The van der Waals surface area contributed by atoms with Gasteiger partial charge in [-0.25, -0.2) is 0 Å². The molecule has 0 aliphatic heterocycles. The van der Waals surface area contributed by atoms with Crippen LogP contribution in [0.4, 0.5) is 5.69 Å². The number of methoxy groups -OCH3 is 1. The van der Waals surface area contributed by atoms with Crippen LogP contribution in [-0.4, -0.2) is 13.3 Å². The number of halogens is 1. The predicted octanol–water partition coefficient (Wildman–Crippen LogP) is 5.20. The van der Waals surface area contributed by atoms with Crippen molar-refractivity contribution >= 4 is 23.5 Å². The van der Waals surface area contributed by atoms with E-state index >= 15 is 0 Å². The molecule has 2 nitrogen and oxygen atoms in total. The minimum atomic E-state index is 0.710. The minimum Gasteiger partial charge on any atom is -0.496 e. The maximum Gasteiger partial charge on any atom is 0.127 e. The van der Waals surface area contributed by atoms with E-state index in [1.54, 1.807) is 7.11 Å². The summed E-state index contributed by atoms with van der Waals surface area (Å²) in [4.78, 5) is 4.50. The maximum atomic E-state index is 5.88. The van der Waals surface area contributed by atoms with E-state index in [1.165, 1.54) is 0 Å². The first-order valence-corrected chi connectivity index (χ1v) is 7.01. The van der Waals surface area contributed by atoms with E-state index in [9.17, 15) is 0 Å². The Labute approximate surface area is 129 Å². The highest BCUT2D eigenvalue weighted by Crippen LogP contribution is 2.36. The van der Waals surface area contributed by atoms with Crippen LogP contribution in [0.15, 0.2) is 65.7 Å². The summed E-state index contributed by atoms with van der Waals surface area (Å²) in [5.41, 5.74) is 4.11. The van der Waals surface area contributed by atoms with Crippen molar-refractivity contribution < 1.29 is 4.74 Å². The highest BCUT2D eigenvalue weighted by molar-refractivity contribution is 6.30. The Hall–Kier alpha value is -2.32. The van der Waals surface area contributed by atoms with Crippen LogP contribution < -0.4 is 4.74 Å². The first-order valence-electron chi connectivity index (χ1n) is 6.63. The van der Waals surface area contributed by atoms with Gasteiger partial charge >= 0.3 is 0 Å². The molecule has 104 valence electrons. The quantitative estimate of drug-likeness (QED) is 0.608. The van der Waals surface area contributed by atoms with Gasteiger partial charge in [-0.2, -0.15) is 0 Å². The summed E-state index contributed by atoms with van der Waals surface area (Å²) in [5, 5.41) is 0.710. The standard InChI is InChI=1S/C18H14ClNO/c1-21-18-11-13(16-5-3-2-4-6-17(16)18)12-20-15-9-7-14(19)8-10-15/h2-12H,1H3. The monoisotopic (exact) mass is 295 g/mol. The van der Waals surface area contributed by atoms with Crippen LogP contribution >= 0.6 is 11.6 Å². The summed E-state index contributed by atoms with van der Waals surface area (Å²) in [6.07, 6.45) is 1.86. The number of aliphatic imine (C=N–C) groups is 1. The van der Waals surface area contributed by atoms with Gasteiger partial charge in [-0.05, 0) is 35.9 Å². The molecule has 2 aliphatic carbocycles. The largest absolute Gasteiger partial charge is 0.496 e. The lowest BCUT2D eigenvalue weighted by Crippen LogP contribution is -1.80. The fourth-order valence-electron chi connectivity index (χ4n) is 2.26. The fourth-order valence-corrected chi connectivity index (χ4v) is 2.38. The normalized spacial score (nSPS) is 11.1. The third kappa shape index (κ3) is 2.91. The average Bonchev–Trinajstić information content (AvgIpc) is 2.68. The number of ether oxygens (including phenoxy) is 1. The smallest absolute Gasteiger partial charge is 0.127 e. The SMILES string of the molecule is COc1cc(C=Nc2ccc(Cl)cc2)c2cccccc1-2. The summed E-state index contributed by atoms with van der Waals surface area (Å²) in [6, 6.07) is 19.6. The summed E-state index contributed by atoms with van der Waals surface area (Å²) in [7, 11) is 1.68. The molecule has 0 fully saturated rings. The molecule has 3 heteroatoms. The van der Waals surface area contributed by atoms with Crippen LogP contribution in [0.3, 0.4) is 0 Å². The van der Waals surface area contributed by atoms with Gasteiger partial charge in [0.1, 0.15) is 5.75 Å². The van der Waals surface area contributed by atoms with Crippen LogP contribution in [0.25, 0.3) is 11.1 Å². The van der Waals surface area contributed by atoms with E-state index in [0.717, 1.165) is 28.1 Å². The predicted molar refractivity (Wildman–Crippen MR) is 88.3 cm³/mol. The van der Waals surface area contributed by atoms with Crippen molar-refractivity contribution in [2.24, 2.45) is 4.99 Å². The Morgan fingerprint density at radius 1 is 0.952 bits per heavy atom. The van der Waals surface area contributed by atoms with Gasteiger partial charge in [0.2, 0.25) is 0 Å². The van der Waals surface area contributed by atoms with Gasteiger partial charge in [0.15, 0.2) is 0 Å². The Bertz CT molecular complexity index is 750. The summed E-state index contributed by atoms with van der Waals surface area (Å²) in [6.45, 7) is 0. The van der Waals surface area contributed by atoms with E-state index < -0.39 is 0 Å². The molecule has 2 aliphatic rings. The Balaban J connectivity index is 2.00. The summed E-state index contributed by atoms with van der Waals surface area (Å²) >= 11 is 5.88. The first kappa shape index (κ1) is 13.7. The zero-order valence-electron chi connectivity index (χ0n) is 11.6. The van der Waals surface area contributed by atoms with Crippen LogP contribution in [0.5, 0.6) is 5.75 Å². The summed E-state index contributed by atoms with van der Waals surface area (Å²) in [5.74, 6) is 0.860. The average molecular weight is 296 g/mol. The molecule has 0 aromatic heterocycles. The van der Waals surface area contributed by atoms with Gasteiger partial charge in [-0.3, -0.25) is 4.99 Å². The van der Waals surface area contributed by atoms with Crippen molar-refractivity contribution in [2.75, 3.05) is 7.11 Å². The fraction of sp³-hybridized carbons (Fsp3) is 0.0556. The highest BCUT2D eigenvalue weighted by Gasteiger charge is 2.13. The molecule has 0 radical (unpaired) electrons. The van der Waals surface area contributed by atoms with Crippen LogP contribution in [-0.2, 0) is 0 Å². The molecule has 0 saturated heterocycles. The molecule has 1 aromatic rings. The van der Waals surface area contributed by atoms with E-state index in [0.29, 0.717) is 5.02 Å². The Morgan fingerprint density at radius 3 is 2.38 bits per heavy atom. The van der Waals surface area contributed by atoms with Crippen LogP contribution in [0.2, 0.25) is 5.02 Å². The molecule has 0 spiro atoms. The summed E-state index contributed by atoms with van der Waals surface area (Å²) < 4.78 is 5.44. The second kappa shape index (κ2) is 5.98. The van der Waals surface area contributed by atoms with Crippen molar-refractivity contribution in [1.82, 2.24) is 0 Å². The van der Waals surface area contributed by atoms with Gasteiger partial charge in [-0.1, -0.05) is 41.9 Å². The van der Waals surface area contributed by atoms with Crippen molar-refractivity contribution in [3.8, 4) is 16.9 Å². The highest BCUT2D eigenvalue weighted by atomic mass is 35.5. The number of hydrogen-bond donors (Lipinski definition) is 0. The lowest BCUT2D eigenvalue weighted by molar-refractivity contribution is 0.418. The minimum absolute atomic E-state index is 0.710. The van der Waals surface area contributed by atoms with E-state index in [-0.39, 0.29) is 0 Å². The molecule has 0 atom stereocenters. The van der Waals surface area contributed by atoms with Crippen molar-refractivity contribution in [1.29, 1.82) is 0 Å². The number of benzene rings is 1. The zero-order chi connectivity index (χ0) is 14.7. The molecule has 0 N–H and O–H groups in total. The van der Waals surface area contributed by atoms with Crippen molar-refractivity contribution in [2.45, 2.75) is 0 Å². The Morgan fingerprint density at radius 2 is 1.67 bits per heavy atom. The number of nitrogens with zero attached hydrogens (tertiary/aromatic N) is 1. The zero-order valence-corrected chi connectivity index (χ0v) is 12.3. The third-order valence-electron chi connectivity index (χ3n) is 3.30. The molecule has 1 aromatic carbocycles. The lowest BCUT2D eigenvalue weighted by atomic mass is 10.1. The second-order valence-corrected chi connectivity index (χ2v) is 5.08. The van der Waals surface area contributed by atoms with Crippen molar-refractivity contribution in [3.05, 3.63) is 71.2 Å². The Kier molecular flexibility index (Phi) is 3.89. The van der Waals surface area contributed by atoms with Gasteiger partial charge in [0, 0.05) is 22.4 Å². The number of hydrogen-bond acceptors (Lipinski definition) is 2. The molecular weight excluding hydrogens is 282 g/mol. The molecule has 0 bridgehead atoms. The maximum absolute atomic E-state index is 5.88. The van der Waals surface area contributed by atoms with Gasteiger partial charge in [-0.15, -0.1) is 0 Å². The van der Waals surface area contributed by atoms with Crippen LogP contribution in [0.1, 0.15) is 5.56 Å². The molecule has 0 heterocycles. The van der Waals surface area contributed by atoms with Gasteiger partial charge < -0.3 is 4.74 Å². The van der Waals surface area contributed by atoms with E-state index in [2.05, 4.69) is 11.1 Å². The first-order chi connectivity index (χ1) is 10.3. The second-order valence-electron chi connectivity index (χ2n) is 4.64. The van der Waals surface area contributed by atoms with E-state index in [1.807, 2.05) is 60.8 Å². The topological polar surface area (TPSA) is 21.6 Å².